The first-order valence-electron chi connectivity index (χ1n) is 2.50. The van der Waals surface area contributed by atoms with Gasteiger partial charge in [0.05, 0.1) is 0 Å². The van der Waals surface area contributed by atoms with Crippen LogP contribution in [-0.4, -0.2) is 5.91 Å². The molecular weight excluding hydrogens is 156 g/mol. The number of hydrazine groups is 1. The topological polar surface area (TPSA) is 68.3 Å². The van der Waals surface area contributed by atoms with Crippen LogP contribution in [0.2, 0.25) is 5.22 Å². The first-order chi connectivity index (χ1) is 4.74. The number of nitrogen functional groups attached to an aromatic ring is 1. The van der Waals surface area contributed by atoms with Crippen molar-refractivity contribution in [3.8, 4) is 0 Å². The molecule has 54 valence electrons. The largest absolute Gasteiger partial charge is 0.440 e. The first-order valence-corrected chi connectivity index (χ1v) is 2.88. The fraction of sp³-hybridized carbons (Fsp3) is 0. The van der Waals surface area contributed by atoms with E-state index in [2.05, 4.69) is 0 Å². The minimum absolute atomic E-state index is 0.104. The normalized spacial score (nSPS) is 9.40. The van der Waals surface area contributed by atoms with Crippen molar-refractivity contribution >= 4 is 17.5 Å². The highest BCUT2D eigenvalue weighted by atomic mass is 35.5. The average molecular weight is 161 g/mol. The van der Waals surface area contributed by atoms with Crippen LogP contribution in [0.25, 0.3) is 0 Å². The highest BCUT2D eigenvalue weighted by Gasteiger charge is 2.06. The molecule has 0 aliphatic heterocycles. The molecule has 1 rings (SSSR count). The Bertz CT molecular complexity index is 246. The lowest BCUT2D eigenvalue weighted by Gasteiger charge is -1.90. The maximum Gasteiger partial charge on any atom is 0.300 e. The van der Waals surface area contributed by atoms with Gasteiger partial charge in [-0.15, -0.1) is 0 Å². The number of hydrogen-bond acceptors (Lipinski definition) is 3. The quantitative estimate of drug-likeness (QED) is 0.358. The third-order valence-electron chi connectivity index (χ3n) is 0.928. The lowest BCUT2D eigenvalue weighted by Crippen LogP contribution is -2.29. The summed E-state index contributed by atoms with van der Waals surface area (Å²) >= 11 is 5.37. The Morgan fingerprint density at radius 2 is 2.40 bits per heavy atom. The number of furan rings is 1. The minimum atomic E-state index is -0.494. The molecule has 1 amide bonds. The van der Waals surface area contributed by atoms with Crippen molar-refractivity contribution in [3.63, 3.8) is 0 Å². The number of carbonyl (C=O) groups excluding carboxylic acids is 1. The first kappa shape index (κ1) is 7.11. The van der Waals surface area contributed by atoms with E-state index in [4.69, 9.17) is 21.9 Å². The number of nitrogens with one attached hydrogen (secondary N) is 1. The van der Waals surface area contributed by atoms with E-state index in [1.165, 1.54) is 12.1 Å². The highest BCUT2D eigenvalue weighted by Crippen LogP contribution is 2.12. The Morgan fingerprint density at radius 3 is 2.80 bits per heavy atom. The SMILES string of the molecule is NNC(=O)c1ccc(Cl)o1. The molecule has 0 aliphatic carbocycles. The van der Waals surface area contributed by atoms with Crippen LogP contribution in [0.15, 0.2) is 16.5 Å². The number of halogens is 1. The second-order valence-corrected chi connectivity index (χ2v) is 1.95. The Hall–Kier alpha value is -1.00. The lowest BCUT2D eigenvalue weighted by atomic mass is 10.4. The molecule has 0 saturated carbocycles. The maximum absolute atomic E-state index is 10.6. The maximum atomic E-state index is 10.6. The molecule has 0 radical (unpaired) electrons. The van der Waals surface area contributed by atoms with Crippen LogP contribution in [0.4, 0.5) is 0 Å². The molecule has 10 heavy (non-hydrogen) atoms. The monoisotopic (exact) mass is 160 g/mol. The minimum Gasteiger partial charge on any atom is -0.440 e. The van der Waals surface area contributed by atoms with Gasteiger partial charge in [0.25, 0.3) is 0 Å². The van der Waals surface area contributed by atoms with Crippen LogP contribution in [0.1, 0.15) is 10.6 Å². The molecule has 1 aromatic heterocycles. The van der Waals surface area contributed by atoms with Crippen molar-refractivity contribution in [3.05, 3.63) is 23.1 Å². The molecule has 5 heteroatoms. The Morgan fingerprint density at radius 1 is 1.70 bits per heavy atom. The molecule has 0 bridgehead atoms. The molecule has 0 aromatic carbocycles. The molecule has 0 atom stereocenters. The van der Waals surface area contributed by atoms with Crippen molar-refractivity contribution in [1.82, 2.24) is 5.43 Å². The van der Waals surface area contributed by atoms with E-state index >= 15 is 0 Å². The predicted molar refractivity (Wildman–Crippen MR) is 35.4 cm³/mol. The lowest BCUT2D eigenvalue weighted by molar-refractivity contribution is 0.0926. The molecule has 1 aromatic rings. The Balaban J connectivity index is 2.85. The standard InChI is InChI=1S/C5H5ClN2O2/c6-4-2-1-3(10-4)5(9)8-7/h1-2H,7H2,(H,8,9). The van der Waals surface area contributed by atoms with Crippen molar-refractivity contribution < 1.29 is 9.21 Å². The molecule has 0 spiro atoms. The Kier molecular flexibility index (Phi) is 1.94. The number of carbonyl (C=O) groups is 1. The summed E-state index contributed by atoms with van der Waals surface area (Å²) in [5, 5.41) is 0.165. The second kappa shape index (κ2) is 2.72. The predicted octanol–water partition coefficient (Wildman–Crippen LogP) is 0.536. The van der Waals surface area contributed by atoms with Gasteiger partial charge in [0, 0.05) is 0 Å². The smallest absolute Gasteiger partial charge is 0.300 e. The van der Waals surface area contributed by atoms with Crippen LogP contribution in [0.3, 0.4) is 0 Å². The third kappa shape index (κ3) is 1.29. The summed E-state index contributed by atoms with van der Waals surface area (Å²) in [4.78, 5) is 10.6. The molecule has 3 N–H and O–H groups in total. The summed E-state index contributed by atoms with van der Waals surface area (Å²) in [6.07, 6.45) is 0. The number of nitrogens with two attached hydrogens (primary N) is 1. The van der Waals surface area contributed by atoms with Gasteiger partial charge in [0.2, 0.25) is 0 Å². The van der Waals surface area contributed by atoms with E-state index in [-0.39, 0.29) is 11.0 Å². The average Bonchev–Trinajstić information content (AvgIpc) is 2.34. The summed E-state index contributed by atoms with van der Waals surface area (Å²) in [5.74, 6) is 4.42. The summed E-state index contributed by atoms with van der Waals surface area (Å²) in [6, 6.07) is 2.90. The van der Waals surface area contributed by atoms with Gasteiger partial charge in [-0.3, -0.25) is 10.2 Å². The van der Waals surface area contributed by atoms with Gasteiger partial charge < -0.3 is 4.42 Å². The summed E-state index contributed by atoms with van der Waals surface area (Å²) in [5.41, 5.74) is 1.90. The van der Waals surface area contributed by atoms with Crippen molar-refractivity contribution in [2.75, 3.05) is 0 Å². The van der Waals surface area contributed by atoms with E-state index in [1.54, 1.807) is 0 Å². The van der Waals surface area contributed by atoms with E-state index in [0.717, 1.165) is 0 Å². The van der Waals surface area contributed by atoms with Crippen molar-refractivity contribution in [2.45, 2.75) is 0 Å². The van der Waals surface area contributed by atoms with Gasteiger partial charge in [-0.25, -0.2) is 5.84 Å². The number of amides is 1. The Labute approximate surface area is 61.9 Å². The fourth-order valence-electron chi connectivity index (χ4n) is 0.507. The van der Waals surface area contributed by atoms with E-state index in [0.29, 0.717) is 0 Å². The van der Waals surface area contributed by atoms with Crippen LogP contribution in [0.5, 0.6) is 0 Å². The van der Waals surface area contributed by atoms with Crippen molar-refractivity contribution in [1.29, 1.82) is 0 Å². The molecule has 0 unspecified atom stereocenters. The van der Waals surface area contributed by atoms with Crippen LogP contribution >= 0.6 is 11.6 Å². The van der Waals surface area contributed by atoms with Gasteiger partial charge in [0.15, 0.2) is 11.0 Å². The molecule has 4 nitrogen and oxygen atoms in total. The zero-order valence-electron chi connectivity index (χ0n) is 4.93. The third-order valence-corrected chi connectivity index (χ3v) is 1.13. The van der Waals surface area contributed by atoms with Gasteiger partial charge in [-0.05, 0) is 23.7 Å². The molecular formula is C5H5ClN2O2. The fourth-order valence-corrected chi connectivity index (χ4v) is 0.654. The van der Waals surface area contributed by atoms with E-state index in [1.807, 2.05) is 5.43 Å². The van der Waals surface area contributed by atoms with Gasteiger partial charge in [-0.1, -0.05) is 0 Å². The zero-order chi connectivity index (χ0) is 7.56. The molecule has 0 fully saturated rings. The number of rotatable bonds is 1. The molecule has 1 heterocycles. The summed E-state index contributed by atoms with van der Waals surface area (Å²) < 4.78 is 4.71. The number of hydrogen-bond donors (Lipinski definition) is 2. The van der Waals surface area contributed by atoms with Crippen LogP contribution < -0.4 is 11.3 Å². The van der Waals surface area contributed by atoms with Crippen LogP contribution in [0, 0.1) is 0 Å². The van der Waals surface area contributed by atoms with Crippen LogP contribution in [-0.2, 0) is 0 Å². The highest BCUT2D eigenvalue weighted by molar-refractivity contribution is 6.29. The van der Waals surface area contributed by atoms with Crippen molar-refractivity contribution in [2.24, 2.45) is 5.84 Å². The van der Waals surface area contributed by atoms with Gasteiger partial charge in [-0.2, -0.15) is 0 Å². The molecule has 0 aliphatic rings. The van der Waals surface area contributed by atoms with E-state index < -0.39 is 5.91 Å². The zero-order valence-corrected chi connectivity index (χ0v) is 5.68. The van der Waals surface area contributed by atoms with Gasteiger partial charge >= 0.3 is 5.91 Å². The second-order valence-electron chi connectivity index (χ2n) is 1.58. The van der Waals surface area contributed by atoms with Gasteiger partial charge in [0.1, 0.15) is 0 Å². The summed E-state index contributed by atoms with van der Waals surface area (Å²) in [7, 11) is 0. The van der Waals surface area contributed by atoms with E-state index in [9.17, 15) is 4.79 Å². The molecule has 0 saturated heterocycles. The summed E-state index contributed by atoms with van der Waals surface area (Å²) in [6.45, 7) is 0.